The van der Waals surface area contributed by atoms with Crippen LogP contribution < -0.4 is 10.2 Å². The molecular weight excluding hydrogens is 230 g/mol. The Labute approximate surface area is 97.0 Å². The summed E-state index contributed by atoms with van der Waals surface area (Å²) in [4.78, 5) is 6.97. The van der Waals surface area contributed by atoms with Crippen LogP contribution in [0.5, 0.6) is 0 Å². The Hall–Kier alpha value is -0.710. The van der Waals surface area contributed by atoms with Crippen LogP contribution in [0.4, 0.5) is 5.82 Å². The molecule has 0 aromatic carbocycles. The van der Waals surface area contributed by atoms with Gasteiger partial charge in [0.25, 0.3) is 0 Å². The molecule has 5 heteroatoms. The summed E-state index contributed by atoms with van der Waals surface area (Å²) < 4.78 is 0.850. The smallest absolute Gasteiger partial charge is 0.107 e. The highest BCUT2D eigenvalue weighted by atomic mass is 35.5. The number of H-pyrrole nitrogens is 1. The van der Waals surface area contributed by atoms with E-state index in [0.29, 0.717) is 0 Å². The summed E-state index contributed by atoms with van der Waals surface area (Å²) in [5.41, 5.74) is 0. The Morgan fingerprint density at radius 2 is 2.07 bits per heavy atom. The van der Waals surface area contributed by atoms with Crippen molar-refractivity contribution < 1.29 is 0 Å². The van der Waals surface area contributed by atoms with E-state index < -0.39 is 0 Å². The molecule has 2 aromatic rings. The first-order valence-electron chi connectivity index (χ1n) is 5.07. The van der Waals surface area contributed by atoms with Gasteiger partial charge in [-0.2, -0.15) is 0 Å². The number of fused-ring (bicyclic) bond motifs is 1. The van der Waals surface area contributed by atoms with Crippen molar-refractivity contribution in [1.29, 1.82) is 0 Å². The van der Waals surface area contributed by atoms with E-state index in [1.54, 1.807) is 11.3 Å². The van der Waals surface area contributed by atoms with Crippen molar-refractivity contribution >= 4 is 39.0 Å². The number of rotatable bonds is 1. The van der Waals surface area contributed by atoms with Crippen LogP contribution in [0.2, 0.25) is 4.34 Å². The quantitative estimate of drug-likeness (QED) is 0.803. The average Bonchev–Trinajstić information content (AvgIpc) is 2.76. The first kappa shape index (κ1) is 9.51. The van der Waals surface area contributed by atoms with E-state index in [1.807, 2.05) is 6.07 Å². The summed E-state index contributed by atoms with van der Waals surface area (Å²) in [7, 11) is 0. The van der Waals surface area contributed by atoms with Gasteiger partial charge in [0.1, 0.15) is 10.6 Å². The summed E-state index contributed by atoms with van der Waals surface area (Å²) >= 11 is 7.54. The summed E-state index contributed by atoms with van der Waals surface area (Å²) in [6, 6.07) is 4.20. The van der Waals surface area contributed by atoms with Crippen molar-refractivity contribution in [2.24, 2.45) is 0 Å². The van der Waals surface area contributed by atoms with Crippen molar-refractivity contribution in [3.8, 4) is 0 Å². The van der Waals surface area contributed by atoms with E-state index in [9.17, 15) is 0 Å². The highest BCUT2D eigenvalue weighted by molar-refractivity contribution is 7.22. The van der Waals surface area contributed by atoms with Gasteiger partial charge in [0.2, 0.25) is 0 Å². The van der Waals surface area contributed by atoms with Gasteiger partial charge in [-0.15, -0.1) is 11.3 Å². The second-order valence-corrected chi connectivity index (χ2v) is 5.41. The number of aromatic amines is 1. The molecule has 0 aliphatic carbocycles. The van der Waals surface area contributed by atoms with Crippen molar-refractivity contribution in [1.82, 2.24) is 10.3 Å². The molecule has 0 saturated carbocycles. The van der Waals surface area contributed by atoms with Crippen molar-refractivity contribution in [3.63, 3.8) is 0 Å². The molecule has 0 spiro atoms. The van der Waals surface area contributed by atoms with Crippen molar-refractivity contribution in [2.45, 2.75) is 0 Å². The van der Waals surface area contributed by atoms with E-state index in [2.05, 4.69) is 21.3 Å². The normalized spacial score (nSPS) is 17.5. The van der Waals surface area contributed by atoms with E-state index >= 15 is 0 Å². The van der Waals surface area contributed by atoms with E-state index in [0.717, 1.165) is 30.5 Å². The maximum atomic E-state index is 5.94. The summed E-state index contributed by atoms with van der Waals surface area (Å²) in [5.74, 6) is 1.22. The highest BCUT2D eigenvalue weighted by Gasteiger charge is 2.13. The molecule has 3 heterocycles. The standard InChI is InChI=1S/C10H12ClN3S/c11-8-5-7-6-9(13-10(7)15-8)14-3-1-12-2-4-14/h5-6,12-13H,1-4H2. The van der Waals surface area contributed by atoms with E-state index in [4.69, 9.17) is 11.6 Å². The van der Waals surface area contributed by atoms with Crippen LogP contribution in [0.1, 0.15) is 0 Å². The minimum atomic E-state index is 0.850. The number of hydrogen-bond acceptors (Lipinski definition) is 3. The van der Waals surface area contributed by atoms with Crippen LogP contribution in [0.3, 0.4) is 0 Å². The molecule has 1 aliphatic heterocycles. The summed E-state index contributed by atoms with van der Waals surface area (Å²) in [5, 5.41) is 4.57. The third kappa shape index (κ3) is 1.73. The maximum absolute atomic E-state index is 5.94. The van der Waals surface area contributed by atoms with E-state index in [1.165, 1.54) is 16.0 Å². The van der Waals surface area contributed by atoms with Crippen LogP contribution >= 0.6 is 22.9 Å². The number of anilines is 1. The first-order valence-corrected chi connectivity index (χ1v) is 6.26. The molecule has 1 aliphatic rings. The lowest BCUT2D eigenvalue weighted by Crippen LogP contribution is -2.43. The predicted molar refractivity (Wildman–Crippen MR) is 66.3 cm³/mol. The number of nitrogens with one attached hydrogen (secondary N) is 2. The van der Waals surface area contributed by atoms with Crippen molar-refractivity contribution in [3.05, 3.63) is 16.5 Å². The third-order valence-electron chi connectivity index (χ3n) is 2.72. The molecular formula is C10H12ClN3S. The molecule has 80 valence electrons. The van der Waals surface area contributed by atoms with Crippen LogP contribution in [0, 0.1) is 0 Å². The molecule has 0 unspecified atom stereocenters. The fourth-order valence-electron chi connectivity index (χ4n) is 1.95. The minimum absolute atomic E-state index is 0.850. The number of hydrogen-bond donors (Lipinski definition) is 2. The number of thiophene rings is 1. The highest BCUT2D eigenvalue weighted by Crippen LogP contribution is 2.32. The molecule has 0 atom stereocenters. The first-order chi connectivity index (χ1) is 7.33. The SMILES string of the molecule is Clc1cc2cc(N3CCNCC3)[nH]c2s1. The van der Waals surface area contributed by atoms with Crippen molar-refractivity contribution in [2.75, 3.05) is 31.1 Å². The van der Waals surface area contributed by atoms with Gasteiger partial charge >= 0.3 is 0 Å². The van der Waals surface area contributed by atoms with Crippen LogP contribution in [-0.4, -0.2) is 31.2 Å². The number of aromatic nitrogens is 1. The Morgan fingerprint density at radius 1 is 1.27 bits per heavy atom. The minimum Gasteiger partial charge on any atom is -0.356 e. The lowest BCUT2D eigenvalue weighted by molar-refractivity contribution is 0.586. The molecule has 15 heavy (non-hydrogen) atoms. The zero-order valence-electron chi connectivity index (χ0n) is 8.22. The van der Waals surface area contributed by atoms with E-state index in [-0.39, 0.29) is 0 Å². The summed E-state index contributed by atoms with van der Waals surface area (Å²) in [6.45, 7) is 4.27. The molecule has 3 rings (SSSR count). The van der Waals surface area contributed by atoms with Gasteiger partial charge < -0.3 is 15.2 Å². The molecule has 2 N–H and O–H groups in total. The van der Waals surface area contributed by atoms with Crippen LogP contribution in [0.25, 0.3) is 10.2 Å². The predicted octanol–water partition coefficient (Wildman–Crippen LogP) is 2.29. The zero-order chi connectivity index (χ0) is 10.3. The molecule has 1 saturated heterocycles. The fraction of sp³-hybridized carbons (Fsp3) is 0.400. The van der Waals surface area contributed by atoms with Gasteiger partial charge in [-0.3, -0.25) is 0 Å². The Kier molecular flexibility index (Phi) is 2.35. The molecule has 0 amide bonds. The Bertz CT molecular complexity index is 438. The Balaban J connectivity index is 1.93. The van der Waals surface area contributed by atoms with Gasteiger partial charge in [0.15, 0.2) is 0 Å². The lowest BCUT2D eigenvalue weighted by atomic mass is 10.3. The van der Waals surface area contributed by atoms with Crippen LogP contribution in [-0.2, 0) is 0 Å². The fourth-order valence-corrected chi connectivity index (χ4v) is 3.08. The van der Waals surface area contributed by atoms with Gasteiger partial charge in [-0.1, -0.05) is 11.6 Å². The number of nitrogens with zero attached hydrogens (tertiary/aromatic N) is 1. The molecule has 2 aromatic heterocycles. The average molecular weight is 242 g/mol. The Morgan fingerprint density at radius 3 is 2.80 bits per heavy atom. The van der Waals surface area contributed by atoms with Crippen LogP contribution in [0.15, 0.2) is 12.1 Å². The molecule has 0 radical (unpaired) electrons. The molecule has 0 bridgehead atoms. The second-order valence-electron chi connectivity index (χ2n) is 3.73. The lowest BCUT2D eigenvalue weighted by Gasteiger charge is -2.27. The van der Waals surface area contributed by atoms with Gasteiger partial charge in [-0.05, 0) is 12.1 Å². The zero-order valence-corrected chi connectivity index (χ0v) is 9.79. The second kappa shape index (κ2) is 3.70. The monoisotopic (exact) mass is 241 g/mol. The summed E-state index contributed by atoms with van der Waals surface area (Å²) in [6.07, 6.45) is 0. The number of piperazine rings is 1. The van der Waals surface area contributed by atoms with Gasteiger partial charge in [-0.25, -0.2) is 0 Å². The third-order valence-corrected chi connectivity index (χ3v) is 3.92. The molecule has 1 fully saturated rings. The topological polar surface area (TPSA) is 31.1 Å². The maximum Gasteiger partial charge on any atom is 0.107 e. The van der Waals surface area contributed by atoms with Gasteiger partial charge in [0, 0.05) is 31.6 Å². The molecule has 3 nitrogen and oxygen atoms in total. The number of halogens is 1. The van der Waals surface area contributed by atoms with Gasteiger partial charge in [0.05, 0.1) is 4.34 Å². The largest absolute Gasteiger partial charge is 0.356 e.